The number of hydrogen-bond donors (Lipinski definition) is 0. The van der Waals surface area contributed by atoms with Crippen LogP contribution in [0.25, 0.3) is 0 Å². The van der Waals surface area contributed by atoms with Gasteiger partial charge in [-0.3, -0.25) is 0 Å². The van der Waals surface area contributed by atoms with Gasteiger partial charge in [0.05, 0.1) is 12.7 Å². The SMILES string of the molecule is CCCOC(=O)OCOC(CC)CC. The quantitative estimate of drug-likeness (QED) is 0.472. The van der Waals surface area contributed by atoms with E-state index in [2.05, 4.69) is 0 Å². The molecule has 0 unspecified atom stereocenters. The fourth-order valence-corrected chi connectivity index (χ4v) is 0.930. The average molecular weight is 204 g/mol. The first-order chi connectivity index (χ1) is 6.74. The fraction of sp³-hybridized carbons (Fsp3) is 0.900. The normalized spacial score (nSPS) is 10.3. The highest BCUT2D eigenvalue weighted by molar-refractivity contribution is 5.59. The van der Waals surface area contributed by atoms with E-state index in [4.69, 9.17) is 14.2 Å². The molecule has 0 saturated heterocycles. The summed E-state index contributed by atoms with van der Waals surface area (Å²) in [6, 6.07) is 0. The summed E-state index contributed by atoms with van der Waals surface area (Å²) in [4.78, 5) is 10.8. The summed E-state index contributed by atoms with van der Waals surface area (Å²) < 4.78 is 14.7. The van der Waals surface area contributed by atoms with Gasteiger partial charge in [-0.25, -0.2) is 4.79 Å². The zero-order valence-electron chi connectivity index (χ0n) is 9.25. The molecule has 0 bridgehead atoms. The molecule has 84 valence electrons. The minimum atomic E-state index is -0.655. The Hall–Kier alpha value is -0.770. The number of carbonyl (C=O) groups excluding carboxylic acids is 1. The molecular weight excluding hydrogens is 184 g/mol. The molecular formula is C10H20O4. The standard InChI is InChI=1S/C10H20O4/c1-4-7-12-10(11)14-8-13-9(5-2)6-3/h9H,4-8H2,1-3H3. The largest absolute Gasteiger partial charge is 0.510 e. The summed E-state index contributed by atoms with van der Waals surface area (Å²) in [5.74, 6) is 0. The molecule has 0 aromatic rings. The predicted molar refractivity (Wildman–Crippen MR) is 53.0 cm³/mol. The van der Waals surface area contributed by atoms with Crippen molar-refractivity contribution in [3.8, 4) is 0 Å². The maximum atomic E-state index is 10.8. The van der Waals surface area contributed by atoms with E-state index in [1.807, 2.05) is 20.8 Å². The zero-order chi connectivity index (χ0) is 10.8. The first-order valence-corrected chi connectivity index (χ1v) is 5.15. The fourth-order valence-electron chi connectivity index (χ4n) is 0.930. The zero-order valence-corrected chi connectivity index (χ0v) is 9.25. The molecule has 0 amide bonds. The molecule has 0 spiro atoms. The van der Waals surface area contributed by atoms with Gasteiger partial charge in [-0.1, -0.05) is 20.8 Å². The second-order valence-corrected chi connectivity index (χ2v) is 2.97. The number of hydrogen-bond acceptors (Lipinski definition) is 4. The predicted octanol–water partition coefficient (Wildman–Crippen LogP) is 2.71. The van der Waals surface area contributed by atoms with Gasteiger partial charge in [-0.2, -0.15) is 0 Å². The van der Waals surface area contributed by atoms with E-state index in [1.165, 1.54) is 0 Å². The Morgan fingerprint density at radius 1 is 1.14 bits per heavy atom. The monoisotopic (exact) mass is 204 g/mol. The van der Waals surface area contributed by atoms with E-state index in [0.29, 0.717) is 6.61 Å². The summed E-state index contributed by atoms with van der Waals surface area (Å²) in [7, 11) is 0. The first kappa shape index (κ1) is 13.2. The van der Waals surface area contributed by atoms with Gasteiger partial charge in [0.2, 0.25) is 0 Å². The van der Waals surface area contributed by atoms with Crippen molar-refractivity contribution in [1.29, 1.82) is 0 Å². The highest BCUT2D eigenvalue weighted by atomic mass is 16.8. The van der Waals surface area contributed by atoms with Gasteiger partial charge in [0.25, 0.3) is 0 Å². The van der Waals surface area contributed by atoms with Crippen LogP contribution in [0.3, 0.4) is 0 Å². The van der Waals surface area contributed by atoms with Crippen LogP contribution in [0, 0.1) is 0 Å². The minimum Gasteiger partial charge on any atom is -0.434 e. The molecule has 0 fully saturated rings. The van der Waals surface area contributed by atoms with Crippen LogP contribution in [0.4, 0.5) is 4.79 Å². The molecule has 0 heterocycles. The van der Waals surface area contributed by atoms with Crippen LogP contribution in [0.2, 0.25) is 0 Å². The van der Waals surface area contributed by atoms with Gasteiger partial charge < -0.3 is 14.2 Å². The summed E-state index contributed by atoms with van der Waals surface area (Å²) in [5, 5.41) is 0. The molecule has 0 radical (unpaired) electrons. The molecule has 0 N–H and O–H groups in total. The molecule has 0 aliphatic carbocycles. The van der Waals surface area contributed by atoms with Gasteiger partial charge >= 0.3 is 6.16 Å². The molecule has 14 heavy (non-hydrogen) atoms. The molecule has 0 aromatic carbocycles. The summed E-state index contributed by atoms with van der Waals surface area (Å²) in [6.07, 6.45) is 2.14. The second kappa shape index (κ2) is 8.81. The van der Waals surface area contributed by atoms with E-state index >= 15 is 0 Å². The number of rotatable bonds is 7. The summed E-state index contributed by atoms with van der Waals surface area (Å²) in [6.45, 7) is 6.36. The van der Waals surface area contributed by atoms with E-state index in [1.54, 1.807) is 0 Å². The van der Waals surface area contributed by atoms with Gasteiger partial charge in [-0.05, 0) is 19.3 Å². The Labute approximate surface area is 85.5 Å². The molecule has 0 rings (SSSR count). The smallest absolute Gasteiger partial charge is 0.434 e. The molecule has 0 saturated carbocycles. The average Bonchev–Trinajstić information content (AvgIpc) is 2.21. The van der Waals surface area contributed by atoms with E-state index in [9.17, 15) is 4.79 Å². The lowest BCUT2D eigenvalue weighted by atomic mass is 10.2. The Morgan fingerprint density at radius 3 is 2.29 bits per heavy atom. The van der Waals surface area contributed by atoms with E-state index in [0.717, 1.165) is 19.3 Å². The van der Waals surface area contributed by atoms with Crippen molar-refractivity contribution in [3.63, 3.8) is 0 Å². The van der Waals surface area contributed by atoms with Crippen molar-refractivity contribution in [2.45, 2.75) is 46.1 Å². The lowest BCUT2D eigenvalue weighted by molar-refractivity contribution is -0.0781. The highest BCUT2D eigenvalue weighted by Crippen LogP contribution is 2.02. The second-order valence-electron chi connectivity index (χ2n) is 2.97. The van der Waals surface area contributed by atoms with Crippen molar-refractivity contribution >= 4 is 6.16 Å². The van der Waals surface area contributed by atoms with Gasteiger partial charge in [0.1, 0.15) is 0 Å². The lowest BCUT2D eigenvalue weighted by Gasteiger charge is -2.13. The number of ether oxygens (including phenoxy) is 3. The third-order valence-corrected chi connectivity index (χ3v) is 1.82. The molecule has 0 aliphatic heterocycles. The van der Waals surface area contributed by atoms with Crippen molar-refractivity contribution < 1.29 is 19.0 Å². The summed E-state index contributed by atoms with van der Waals surface area (Å²) in [5.41, 5.74) is 0. The maximum absolute atomic E-state index is 10.8. The van der Waals surface area contributed by atoms with Crippen LogP contribution < -0.4 is 0 Å². The van der Waals surface area contributed by atoms with Crippen LogP contribution in [0.5, 0.6) is 0 Å². The number of carbonyl (C=O) groups is 1. The van der Waals surface area contributed by atoms with Crippen molar-refractivity contribution in [2.75, 3.05) is 13.4 Å². The van der Waals surface area contributed by atoms with Crippen LogP contribution in [-0.4, -0.2) is 25.7 Å². The minimum absolute atomic E-state index is 0.0190. The molecule has 0 aliphatic rings. The van der Waals surface area contributed by atoms with E-state index < -0.39 is 6.16 Å². The van der Waals surface area contributed by atoms with Crippen LogP contribution >= 0.6 is 0 Å². The van der Waals surface area contributed by atoms with Crippen LogP contribution in [-0.2, 0) is 14.2 Å². The van der Waals surface area contributed by atoms with Gasteiger partial charge in [0.15, 0.2) is 6.79 Å². The van der Waals surface area contributed by atoms with Gasteiger partial charge in [-0.15, -0.1) is 0 Å². The van der Waals surface area contributed by atoms with Crippen molar-refractivity contribution in [3.05, 3.63) is 0 Å². The third-order valence-electron chi connectivity index (χ3n) is 1.82. The molecule has 4 nitrogen and oxygen atoms in total. The van der Waals surface area contributed by atoms with Gasteiger partial charge in [0, 0.05) is 0 Å². The molecule has 0 atom stereocenters. The topological polar surface area (TPSA) is 44.8 Å². The lowest BCUT2D eigenvalue weighted by Crippen LogP contribution is -2.16. The van der Waals surface area contributed by atoms with Crippen LogP contribution in [0.15, 0.2) is 0 Å². The van der Waals surface area contributed by atoms with Crippen LogP contribution in [0.1, 0.15) is 40.0 Å². The molecule has 0 aromatic heterocycles. The Kier molecular flexibility index (Phi) is 8.33. The maximum Gasteiger partial charge on any atom is 0.510 e. The highest BCUT2D eigenvalue weighted by Gasteiger charge is 2.06. The molecule has 4 heteroatoms. The summed E-state index contributed by atoms with van der Waals surface area (Å²) >= 11 is 0. The Morgan fingerprint density at radius 2 is 1.79 bits per heavy atom. The Balaban J connectivity index is 3.38. The van der Waals surface area contributed by atoms with E-state index in [-0.39, 0.29) is 12.9 Å². The Bertz CT molecular complexity index is 143. The third kappa shape index (κ3) is 6.71. The van der Waals surface area contributed by atoms with Crippen molar-refractivity contribution in [1.82, 2.24) is 0 Å². The first-order valence-electron chi connectivity index (χ1n) is 5.15. The van der Waals surface area contributed by atoms with Crippen molar-refractivity contribution in [2.24, 2.45) is 0 Å².